The lowest BCUT2D eigenvalue weighted by atomic mass is 10.1. The number of aliphatic hydroxyl groups excluding tert-OH is 1. The third kappa shape index (κ3) is 5.49. The number of rotatable bonds is 6. The maximum Gasteiger partial charge on any atom is 0.123 e. The van der Waals surface area contributed by atoms with Gasteiger partial charge in [0.1, 0.15) is 5.82 Å². The number of aliphatic hydroxyl groups is 1. The van der Waals surface area contributed by atoms with Crippen LogP contribution in [0.15, 0.2) is 60.7 Å². The molecule has 0 unspecified atom stereocenters. The second kappa shape index (κ2) is 8.90. The maximum absolute atomic E-state index is 13.3. The van der Waals surface area contributed by atoms with E-state index in [4.69, 9.17) is 0 Å². The minimum Gasteiger partial charge on any atom is -0.387 e. The Balaban J connectivity index is 1.42. The molecule has 1 atom stereocenters. The van der Waals surface area contributed by atoms with E-state index in [1.165, 1.54) is 17.7 Å². The molecule has 2 aromatic rings. The largest absolute Gasteiger partial charge is 0.387 e. The van der Waals surface area contributed by atoms with Crippen LogP contribution in [0.25, 0.3) is 6.08 Å². The van der Waals surface area contributed by atoms with E-state index < -0.39 is 6.10 Å². The van der Waals surface area contributed by atoms with Crippen LogP contribution in [0.1, 0.15) is 17.2 Å². The number of halogens is 1. The molecule has 3 rings (SSSR count). The number of piperazine rings is 1. The van der Waals surface area contributed by atoms with Gasteiger partial charge < -0.3 is 5.11 Å². The van der Waals surface area contributed by atoms with Crippen LogP contribution in [0, 0.1) is 5.82 Å². The number of hydrogen-bond acceptors (Lipinski definition) is 3. The van der Waals surface area contributed by atoms with Crippen LogP contribution in [-0.2, 0) is 0 Å². The minimum atomic E-state index is -0.639. The highest BCUT2D eigenvalue weighted by molar-refractivity contribution is 5.48. The normalized spacial score (nSPS) is 17.8. The van der Waals surface area contributed by atoms with Crippen molar-refractivity contribution in [2.24, 2.45) is 0 Å². The summed E-state index contributed by atoms with van der Waals surface area (Å²) in [6.07, 6.45) is 3.72. The summed E-state index contributed by atoms with van der Waals surface area (Å²) in [5.41, 5.74) is 1.87. The highest BCUT2D eigenvalue weighted by Gasteiger charge is 2.19. The molecule has 0 spiro atoms. The molecule has 0 aliphatic carbocycles. The second-order valence-corrected chi connectivity index (χ2v) is 6.49. The quantitative estimate of drug-likeness (QED) is 0.875. The summed E-state index contributed by atoms with van der Waals surface area (Å²) in [5, 5.41) is 10.3. The predicted molar refractivity (Wildman–Crippen MR) is 99.7 cm³/mol. The van der Waals surface area contributed by atoms with Crippen LogP contribution in [0.2, 0.25) is 0 Å². The molecule has 3 nitrogen and oxygen atoms in total. The van der Waals surface area contributed by atoms with Crippen molar-refractivity contribution in [1.82, 2.24) is 9.80 Å². The summed E-state index contributed by atoms with van der Waals surface area (Å²) < 4.78 is 13.3. The van der Waals surface area contributed by atoms with Crippen molar-refractivity contribution in [2.75, 3.05) is 39.3 Å². The van der Waals surface area contributed by atoms with E-state index in [1.807, 2.05) is 18.2 Å². The summed E-state index contributed by atoms with van der Waals surface area (Å²) in [6, 6.07) is 16.5. The topological polar surface area (TPSA) is 26.7 Å². The third-order valence-electron chi connectivity index (χ3n) is 4.60. The van der Waals surface area contributed by atoms with Gasteiger partial charge >= 0.3 is 0 Å². The number of hydrogen-bond donors (Lipinski definition) is 1. The van der Waals surface area contributed by atoms with Gasteiger partial charge in [0.2, 0.25) is 0 Å². The van der Waals surface area contributed by atoms with Gasteiger partial charge in [-0.15, -0.1) is 0 Å². The Morgan fingerprint density at radius 1 is 0.960 bits per heavy atom. The second-order valence-electron chi connectivity index (χ2n) is 6.49. The molecule has 1 heterocycles. The fourth-order valence-electron chi connectivity index (χ4n) is 3.12. The van der Waals surface area contributed by atoms with Gasteiger partial charge in [-0.25, -0.2) is 4.39 Å². The first-order valence-electron chi connectivity index (χ1n) is 8.80. The fraction of sp³-hybridized carbons (Fsp3) is 0.333. The van der Waals surface area contributed by atoms with E-state index in [1.54, 1.807) is 12.1 Å². The van der Waals surface area contributed by atoms with E-state index in [0.29, 0.717) is 12.1 Å². The first-order valence-corrected chi connectivity index (χ1v) is 8.80. The van der Waals surface area contributed by atoms with Crippen molar-refractivity contribution in [1.29, 1.82) is 0 Å². The van der Waals surface area contributed by atoms with Gasteiger partial charge in [0.05, 0.1) is 6.10 Å². The van der Waals surface area contributed by atoms with E-state index in [-0.39, 0.29) is 5.82 Å². The summed E-state index contributed by atoms with van der Waals surface area (Å²) in [5.74, 6) is -0.299. The van der Waals surface area contributed by atoms with Crippen molar-refractivity contribution in [3.05, 3.63) is 77.6 Å². The Labute approximate surface area is 149 Å². The number of benzene rings is 2. The third-order valence-corrected chi connectivity index (χ3v) is 4.60. The van der Waals surface area contributed by atoms with Crippen molar-refractivity contribution in [3.63, 3.8) is 0 Å². The Hall–Kier alpha value is -2.01. The Morgan fingerprint density at radius 3 is 2.40 bits per heavy atom. The average Bonchev–Trinajstić information content (AvgIpc) is 2.64. The van der Waals surface area contributed by atoms with Gasteiger partial charge in [-0.2, -0.15) is 0 Å². The van der Waals surface area contributed by atoms with Gasteiger partial charge in [0.25, 0.3) is 0 Å². The highest BCUT2D eigenvalue weighted by Crippen LogP contribution is 2.16. The minimum absolute atomic E-state index is 0.299. The van der Waals surface area contributed by atoms with Gasteiger partial charge in [-0.05, 0) is 23.3 Å². The van der Waals surface area contributed by atoms with Crippen LogP contribution in [-0.4, -0.2) is 54.2 Å². The lowest BCUT2D eigenvalue weighted by Crippen LogP contribution is -2.47. The summed E-state index contributed by atoms with van der Waals surface area (Å²) in [7, 11) is 0. The molecule has 1 N–H and O–H groups in total. The zero-order valence-electron chi connectivity index (χ0n) is 14.4. The van der Waals surface area contributed by atoms with Gasteiger partial charge in [0.15, 0.2) is 0 Å². The van der Waals surface area contributed by atoms with E-state index >= 15 is 0 Å². The van der Waals surface area contributed by atoms with E-state index in [2.05, 4.69) is 34.1 Å². The molecule has 0 bridgehead atoms. The monoisotopic (exact) mass is 340 g/mol. The molecule has 1 saturated heterocycles. The van der Waals surface area contributed by atoms with Crippen LogP contribution in [0.3, 0.4) is 0 Å². The molecule has 0 saturated carbocycles. The molecule has 25 heavy (non-hydrogen) atoms. The first-order chi connectivity index (χ1) is 12.2. The molecular formula is C21H25FN2O. The predicted octanol–water partition coefficient (Wildman–Crippen LogP) is 3.19. The van der Waals surface area contributed by atoms with E-state index in [9.17, 15) is 9.50 Å². The molecule has 0 amide bonds. The van der Waals surface area contributed by atoms with Crippen LogP contribution in [0.4, 0.5) is 4.39 Å². The van der Waals surface area contributed by atoms with Crippen LogP contribution in [0.5, 0.6) is 0 Å². The smallest absolute Gasteiger partial charge is 0.123 e. The van der Waals surface area contributed by atoms with Crippen molar-refractivity contribution in [2.45, 2.75) is 6.10 Å². The molecule has 1 fully saturated rings. The molecule has 0 aromatic heterocycles. The molecule has 1 aliphatic rings. The zero-order chi connectivity index (χ0) is 17.5. The van der Waals surface area contributed by atoms with Gasteiger partial charge in [-0.3, -0.25) is 9.80 Å². The van der Waals surface area contributed by atoms with Gasteiger partial charge in [-0.1, -0.05) is 54.6 Å². The molecule has 132 valence electrons. The lowest BCUT2D eigenvalue weighted by molar-refractivity contribution is 0.0762. The van der Waals surface area contributed by atoms with Gasteiger partial charge in [0, 0.05) is 39.3 Å². The van der Waals surface area contributed by atoms with E-state index in [0.717, 1.165) is 32.7 Å². The Morgan fingerprint density at radius 2 is 1.68 bits per heavy atom. The number of β-amino-alcohol motifs (C(OH)–C–C–N with tert-alkyl or cyclic N) is 1. The van der Waals surface area contributed by atoms with Crippen molar-refractivity contribution < 1.29 is 9.50 Å². The van der Waals surface area contributed by atoms with Crippen LogP contribution >= 0.6 is 0 Å². The van der Waals surface area contributed by atoms with Crippen molar-refractivity contribution in [3.8, 4) is 0 Å². The average molecular weight is 340 g/mol. The Bertz CT molecular complexity index is 681. The molecule has 0 radical (unpaired) electrons. The standard InChI is InChI=1S/C21H25FN2O/c22-20-10-4-9-19(16-20)21(25)17-24-14-12-23(13-15-24)11-5-8-18-6-2-1-3-7-18/h1-10,16,21,25H,11-15,17H2/b8-5+/t21-/m0/s1. The lowest BCUT2D eigenvalue weighted by Gasteiger charge is -2.35. The first kappa shape index (κ1) is 17.8. The molecule has 4 heteroatoms. The van der Waals surface area contributed by atoms with Crippen LogP contribution < -0.4 is 0 Å². The molecule has 1 aliphatic heterocycles. The molecular weight excluding hydrogens is 315 g/mol. The fourth-order valence-corrected chi connectivity index (χ4v) is 3.12. The highest BCUT2D eigenvalue weighted by atomic mass is 19.1. The summed E-state index contributed by atoms with van der Waals surface area (Å²) in [4.78, 5) is 4.65. The zero-order valence-corrected chi connectivity index (χ0v) is 14.4. The number of nitrogens with zero attached hydrogens (tertiary/aromatic N) is 2. The SMILES string of the molecule is O[C@@H](CN1CCN(C/C=C/c2ccccc2)CC1)c1cccc(F)c1. The van der Waals surface area contributed by atoms with Crippen molar-refractivity contribution >= 4 is 6.08 Å². The maximum atomic E-state index is 13.3. The summed E-state index contributed by atoms with van der Waals surface area (Å²) >= 11 is 0. The Kier molecular flexibility index (Phi) is 6.34. The summed E-state index contributed by atoms with van der Waals surface area (Å²) in [6.45, 7) is 5.30. The molecule has 2 aromatic carbocycles.